The third kappa shape index (κ3) is 2.26. The summed E-state index contributed by atoms with van der Waals surface area (Å²) >= 11 is 0. The van der Waals surface area contributed by atoms with Gasteiger partial charge < -0.3 is 10.1 Å². The Labute approximate surface area is 136 Å². The second-order valence-corrected chi connectivity index (χ2v) is 5.68. The zero-order valence-corrected chi connectivity index (χ0v) is 13.2. The maximum Gasteiger partial charge on any atom is 0.168 e. The summed E-state index contributed by atoms with van der Waals surface area (Å²) in [5.41, 5.74) is 1.69. The number of ether oxygens (including phenoxy) is 1. The molecule has 8 heteroatoms. The van der Waals surface area contributed by atoms with Crippen LogP contribution in [-0.4, -0.2) is 33.7 Å². The molecule has 0 aromatic carbocycles. The third-order valence-corrected chi connectivity index (χ3v) is 4.08. The van der Waals surface area contributed by atoms with Gasteiger partial charge in [0, 0.05) is 25.1 Å². The number of methoxy groups -OCH3 is 1. The number of hydrogen-bond donors (Lipinski definition) is 1. The predicted molar refractivity (Wildman–Crippen MR) is 84.2 cm³/mol. The molecule has 3 aromatic heterocycles. The molecule has 1 aliphatic carbocycles. The van der Waals surface area contributed by atoms with Gasteiger partial charge in [-0.1, -0.05) is 0 Å². The van der Waals surface area contributed by atoms with E-state index in [0.717, 1.165) is 24.6 Å². The largest absolute Gasteiger partial charge is 0.495 e. The third-order valence-electron chi connectivity index (χ3n) is 4.08. The minimum absolute atomic E-state index is 0.00679. The summed E-state index contributed by atoms with van der Waals surface area (Å²) in [6.07, 6.45) is 3.57. The van der Waals surface area contributed by atoms with E-state index in [2.05, 4.69) is 20.4 Å². The molecule has 0 atom stereocenters. The fraction of sp³-hybridized carbons (Fsp3) is 0.312. The van der Waals surface area contributed by atoms with Crippen molar-refractivity contribution in [3.8, 4) is 17.1 Å². The maximum absolute atomic E-state index is 14.3. The van der Waals surface area contributed by atoms with Crippen molar-refractivity contribution in [3.05, 3.63) is 35.7 Å². The monoisotopic (exact) mass is 331 g/mol. The topological polar surface area (TPSA) is 64.3 Å². The van der Waals surface area contributed by atoms with Gasteiger partial charge in [-0.25, -0.2) is 23.3 Å². The molecule has 0 bridgehead atoms. The number of fused-ring (bicyclic) bond motifs is 1. The summed E-state index contributed by atoms with van der Waals surface area (Å²) in [5.74, 6) is -0.527. The van der Waals surface area contributed by atoms with Crippen LogP contribution in [-0.2, 0) is 0 Å². The van der Waals surface area contributed by atoms with Gasteiger partial charge in [0.2, 0.25) is 0 Å². The summed E-state index contributed by atoms with van der Waals surface area (Å²) in [6.45, 7) is 0. The first-order valence-electron chi connectivity index (χ1n) is 7.59. The van der Waals surface area contributed by atoms with Gasteiger partial charge in [0.15, 0.2) is 23.1 Å². The van der Waals surface area contributed by atoms with Gasteiger partial charge >= 0.3 is 0 Å². The SMILES string of the molecule is CNc1nc(-c2cnc3cc(OC)c(C4CC4)nn23)c(F)cc1F. The minimum atomic E-state index is -0.765. The molecule has 0 saturated heterocycles. The molecule has 1 saturated carbocycles. The van der Waals surface area contributed by atoms with Crippen LogP contribution >= 0.6 is 0 Å². The molecule has 1 fully saturated rings. The number of anilines is 1. The van der Waals surface area contributed by atoms with Crippen LogP contribution in [0.4, 0.5) is 14.6 Å². The zero-order valence-electron chi connectivity index (χ0n) is 13.2. The van der Waals surface area contributed by atoms with Crippen molar-refractivity contribution >= 4 is 11.5 Å². The second-order valence-electron chi connectivity index (χ2n) is 5.68. The van der Waals surface area contributed by atoms with Crippen LogP contribution in [0, 0.1) is 11.6 Å². The highest BCUT2D eigenvalue weighted by Crippen LogP contribution is 2.43. The van der Waals surface area contributed by atoms with Gasteiger partial charge in [-0.05, 0) is 12.8 Å². The van der Waals surface area contributed by atoms with Gasteiger partial charge in [-0.15, -0.1) is 0 Å². The lowest BCUT2D eigenvalue weighted by Crippen LogP contribution is -2.05. The number of rotatable bonds is 4. The molecular formula is C16H15F2N5O. The molecule has 4 rings (SSSR count). The number of nitrogens with one attached hydrogen (secondary N) is 1. The highest BCUT2D eigenvalue weighted by atomic mass is 19.1. The number of aromatic nitrogens is 4. The van der Waals surface area contributed by atoms with Crippen molar-refractivity contribution in [1.82, 2.24) is 19.6 Å². The summed E-state index contributed by atoms with van der Waals surface area (Å²) in [5, 5.41) is 7.18. The average Bonchev–Trinajstić information content (AvgIpc) is 3.35. The van der Waals surface area contributed by atoms with E-state index in [-0.39, 0.29) is 11.5 Å². The first-order valence-corrected chi connectivity index (χ1v) is 7.59. The number of nitrogens with zero attached hydrogens (tertiary/aromatic N) is 4. The highest BCUT2D eigenvalue weighted by molar-refractivity contribution is 5.63. The van der Waals surface area contributed by atoms with Crippen LogP contribution in [0.25, 0.3) is 17.0 Å². The van der Waals surface area contributed by atoms with Crippen LogP contribution in [0.3, 0.4) is 0 Å². The zero-order chi connectivity index (χ0) is 16.8. The van der Waals surface area contributed by atoms with E-state index in [1.165, 1.54) is 17.8 Å². The Morgan fingerprint density at radius 2 is 2.04 bits per heavy atom. The molecule has 3 aromatic rings. The second kappa shape index (κ2) is 5.40. The van der Waals surface area contributed by atoms with Gasteiger partial charge in [0.25, 0.3) is 0 Å². The van der Waals surface area contributed by atoms with Crippen molar-refractivity contribution in [2.45, 2.75) is 18.8 Å². The van der Waals surface area contributed by atoms with E-state index in [4.69, 9.17) is 4.74 Å². The van der Waals surface area contributed by atoms with E-state index in [1.54, 1.807) is 13.2 Å². The number of pyridine rings is 1. The lowest BCUT2D eigenvalue weighted by Gasteiger charge is -2.09. The molecule has 1 aliphatic rings. The van der Waals surface area contributed by atoms with Crippen molar-refractivity contribution in [2.24, 2.45) is 0 Å². The predicted octanol–water partition coefficient (Wildman–Crippen LogP) is 3.00. The maximum atomic E-state index is 14.3. The van der Waals surface area contributed by atoms with Gasteiger partial charge in [0.05, 0.1) is 13.3 Å². The summed E-state index contributed by atoms with van der Waals surface area (Å²) < 4.78 is 34.8. The molecular weight excluding hydrogens is 316 g/mol. The summed E-state index contributed by atoms with van der Waals surface area (Å²) in [7, 11) is 3.11. The van der Waals surface area contributed by atoms with Gasteiger partial charge in [0.1, 0.15) is 22.8 Å². The Morgan fingerprint density at radius 3 is 2.71 bits per heavy atom. The van der Waals surface area contributed by atoms with E-state index in [9.17, 15) is 8.78 Å². The molecule has 0 spiro atoms. The molecule has 0 radical (unpaired) electrons. The number of halogens is 2. The number of imidazole rings is 1. The Morgan fingerprint density at radius 1 is 1.25 bits per heavy atom. The van der Waals surface area contributed by atoms with Crippen LogP contribution in [0.1, 0.15) is 24.5 Å². The Kier molecular flexibility index (Phi) is 3.33. The Hall–Kier alpha value is -2.77. The molecule has 3 heterocycles. The standard InChI is InChI=1S/C16H15F2N5O/c1-19-16-10(18)5-9(17)15(21-16)11-7-20-13-6-12(24-2)14(8-3-4-8)22-23(11)13/h5-8H,3-4H2,1-2H3,(H,19,21). The highest BCUT2D eigenvalue weighted by Gasteiger charge is 2.30. The summed E-state index contributed by atoms with van der Waals surface area (Å²) in [6, 6.07) is 2.57. The molecule has 6 nitrogen and oxygen atoms in total. The lowest BCUT2D eigenvalue weighted by atomic mass is 10.2. The smallest absolute Gasteiger partial charge is 0.168 e. The molecule has 0 unspecified atom stereocenters. The van der Waals surface area contributed by atoms with E-state index < -0.39 is 11.6 Å². The van der Waals surface area contributed by atoms with Gasteiger partial charge in [-0.3, -0.25) is 0 Å². The van der Waals surface area contributed by atoms with Crippen molar-refractivity contribution < 1.29 is 13.5 Å². The quantitative estimate of drug-likeness (QED) is 0.796. The Balaban J connectivity index is 1.93. The normalized spacial score (nSPS) is 14.2. The van der Waals surface area contributed by atoms with Crippen molar-refractivity contribution in [3.63, 3.8) is 0 Å². The van der Waals surface area contributed by atoms with E-state index >= 15 is 0 Å². The van der Waals surface area contributed by atoms with Crippen LogP contribution in [0.2, 0.25) is 0 Å². The van der Waals surface area contributed by atoms with Crippen LogP contribution in [0.15, 0.2) is 18.3 Å². The fourth-order valence-electron chi connectivity index (χ4n) is 2.70. The molecule has 0 aliphatic heterocycles. The van der Waals surface area contributed by atoms with Crippen molar-refractivity contribution in [1.29, 1.82) is 0 Å². The lowest BCUT2D eigenvalue weighted by molar-refractivity contribution is 0.405. The van der Waals surface area contributed by atoms with E-state index in [0.29, 0.717) is 23.0 Å². The Bertz CT molecular complexity index is 936. The van der Waals surface area contributed by atoms with E-state index in [1.807, 2.05) is 0 Å². The molecule has 0 amide bonds. The minimum Gasteiger partial charge on any atom is -0.495 e. The number of hydrogen-bond acceptors (Lipinski definition) is 5. The van der Waals surface area contributed by atoms with Crippen LogP contribution < -0.4 is 10.1 Å². The molecule has 124 valence electrons. The molecule has 1 N–H and O–H groups in total. The molecule has 24 heavy (non-hydrogen) atoms. The van der Waals surface area contributed by atoms with Gasteiger partial charge in [-0.2, -0.15) is 5.10 Å². The first kappa shape index (κ1) is 14.8. The van der Waals surface area contributed by atoms with Crippen molar-refractivity contribution in [2.75, 3.05) is 19.5 Å². The average molecular weight is 331 g/mol. The fourth-order valence-corrected chi connectivity index (χ4v) is 2.70. The van der Waals surface area contributed by atoms with Crippen LogP contribution in [0.5, 0.6) is 5.75 Å². The first-order chi connectivity index (χ1) is 11.6. The summed E-state index contributed by atoms with van der Waals surface area (Å²) in [4.78, 5) is 8.27.